The van der Waals surface area contributed by atoms with Crippen molar-refractivity contribution in [1.82, 2.24) is 14.7 Å². The van der Waals surface area contributed by atoms with E-state index in [0.29, 0.717) is 6.54 Å². The first-order chi connectivity index (χ1) is 9.52. The highest BCUT2D eigenvalue weighted by Crippen LogP contribution is 2.19. The zero-order valence-electron chi connectivity index (χ0n) is 12.5. The highest BCUT2D eigenvalue weighted by atomic mass is 16.5. The van der Waals surface area contributed by atoms with Gasteiger partial charge in [0.25, 0.3) is 0 Å². The highest BCUT2D eigenvalue weighted by Gasteiger charge is 2.18. The number of para-hydroxylation sites is 1. The van der Waals surface area contributed by atoms with Crippen LogP contribution in [0.5, 0.6) is 0 Å². The molecule has 0 spiro atoms. The molecule has 1 heterocycles. The molecule has 0 amide bonds. The monoisotopic (exact) mass is 275 g/mol. The number of ether oxygens (including phenoxy) is 1. The third-order valence-electron chi connectivity index (χ3n) is 3.48. The molecule has 1 aromatic carbocycles. The zero-order valence-corrected chi connectivity index (χ0v) is 12.5. The van der Waals surface area contributed by atoms with Gasteiger partial charge in [0.1, 0.15) is 0 Å². The van der Waals surface area contributed by atoms with Crippen LogP contribution in [-0.4, -0.2) is 40.3 Å². The van der Waals surface area contributed by atoms with Crippen molar-refractivity contribution in [3.05, 3.63) is 30.0 Å². The van der Waals surface area contributed by atoms with Crippen LogP contribution in [0.15, 0.2) is 24.3 Å². The predicted octanol–water partition coefficient (Wildman–Crippen LogP) is 1.96. The van der Waals surface area contributed by atoms with Gasteiger partial charge in [0.15, 0.2) is 0 Å². The summed E-state index contributed by atoms with van der Waals surface area (Å²) in [5.41, 5.74) is 2.09. The molecule has 5 heteroatoms. The molecule has 1 aromatic heterocycles. The van der Waals surface area contributed by atoms with Crippen molar-refractivity contribution in [2.45, 2.75) is 26.4 Å². The Labute approximate surface area is 119 Å². The van der Waals surface area contributed by atoms with Crippen molar-refractivity contribution >= 4 is 16.9 Å². The average molecular weight is 275 g/mol. The van der Waals surface area contributed by atoms with Gasteiger partial charge in [0.05, 0.1) is 24.9 Å². The lowest BCUT2D eigenvalue weighted by atomic mass is 10.2. The van der Waals surface area contributed by atoms with Crippen molar-refractivity contribution in [1.29, 1.82) is 0 Å². The number of aromatic nitrogens is 2. The summed E-state index contributed by atoms with van der Waals surface area (Å²) in [6.45, 7) is 5.04. The molecule has 0 aliphatic heterocycles. The Morgan fingerprint density at radius 2 is 2.10 bits per heavy atom. The summed E-state index contributed by atoms with van der Waals surface area (Å²) < 4.78 is 6.63. The Morgan fingerprint density at radius 1 is 1.40 bits per heavy atom. The molecule has 2 rings (SSSR count). The summed E-state index contributed by atoms with van der Waals surface area (Å²) in [4.78, 5) is 13.6. The minimum absolute atomic E-state index is 0.223. The molecule has 0 N–H and O–H groups in total. The number of nitrogens with zero attached hydrogens (tertiary/aromatic N) is 3. The summed E-state index contributed by atoms with van der Waals surface area (Å²) in [5, 5.41) is 5.70. The predicted molar refractivity (Wildman–Crippen MR) is 78.3 cm³/mol. The molecule has 0 unspecified atom stereocenters. The van der Waals surface area contributed by atoms with Gasteiger partial charge < -0.3 is 4.74 Å². The van der Waals surface area contributed by atoms with Crippen molar-refractivity contribution in [3.63, 3.8) is 0 Å². The van der Waals surface area contributed by atoms with Gasteiger partial charge in [-0.1, -0.05) is 18.2 Å². The minimum atomic E-state index is -0.223. The maximum atomic E-state index is 11.5. The molecule has 0 radical (unpaired) electrons. The number of carbonyl (C=O) groups is 1. The number of fused-ring (bicyclic) bond motifs is 1. The van der Waals surface area contributed by atoms with E-state index in [1.54, 1.807) is 0 Å². The Morgan fingerprint density at radius 3 is 2.75 bits per heavy atom. The third-order valence-corrected chi connectivity index (χ3v) is 3.48. The normalized spacial score (nSPS) is 11.5. The first-order valence-electron chi connectivity index (χ1n) is 6.74. The second-order valence-corrected chi connectivity index (χ2v) is 5.16. The van der Waals surface area contributed by atoms with Gasteiger partial charge in [-0.2, -0.15) is 5.10 Å². The van der Waals surface area contributed by atoms with E-state index in [9.17, 15) is 4.79 Å². The Kier molecular flexibility index (Phi) is 4.39. The molecule has 0 saturated heterocycles. The molecule has 0 atom stereocenters. The molecule has 20 heavy (non-hydrogen) atoms. The van der Waals surface area contributed by atoms with Gasteiger partial charge >= 0.3 is 5.97 Å². The summed E-state index contributed by atoms with van der Waals surface area (Å²) in [6, 6.07) is 8.37. The summed E-state index contributed by atoms with van der Waals surface area (Å²) in [5.74, 6) is -0.223. The van der Waals surface area contributed by atoms with Gasteiger partial charge in [-0.25, -0.2) is 0 Å². The van der Waals surface area contributed by atoms with Crippen LogP contribution in [0, 0.1) is 0 Å². The van der Waals surface area contributed by atoms with E-state index in [1.165, 1.54) is 7.11 Å². The van der Waals surface area contributed by atoms with Gasteiger partial charge in [0.2, 0.25) is 0 Å². The first-order valence-corrected chi connectivity index (χ1v) is 6.74. The lowest BCUT2D eigenvalue weighted by Crippen LogP contribution is -2.35. The first kappa shape index (κ1) is 14.5. The van der Waals surface area contributed by atoms with E-state index in [-0.39, 0.29) is 18.6 Å². The van der Waals surface area contributed by atoms with Crippen LogP contribution in [0.3, 0.4) is 0 Å². The van der Waals surface area contributed by atoms with Crippen LogP contribution in [0.25, 0.3) is 10.9 Å². The maximum Gasteiger partial charge on any atom is 0.319 e. The maximum absolute atomic E-state index is 11.5. The second kappa shape index (κ2) is 6.05. The smallest absolute Gasteiger partial charge is 0.319 e. The van der Waals surface area contributed by atoms with E-state index < -0.39 is 0 Å². The number of hydrogen-bond donors (Lipinski definition) is 0. The second-order valence-electron chi connectivity index (χ2n) is 5.16. The third kappa shape index (κ3) is 2.99. The van der Waals surface area contributed by atoms with E-state index in [4.69, 9.17) is 4.74 Å². The molecular formula is C15H21N3O2. The van der Waals surface area contributed by atoms with Crippen LogP contribution in [0.2, 0.25) is 0 Å². The van der Waals surface area contributed by atoms with E-state index >= 15 is 0 Å². The SMILES string of the molecule is COC(=O)CN(Cc1nn(C)c2ccccc12)C(C)C. The quantitative estimate of drug-likeness (QED) is 0.783. The Hall–Kier alpha value is -1.88. The fraction of sp³-hybridized carbons (Fsp3) is 0.467. The lowest BCUT2D eigenvalue weighted by molar-refractivity contribution is -0.142. The van der Waals surface area contributed by atoms with Crippen molar-refractivity contribution < 1.29 is 9.53 Å². The lowest BCUT2D eigenvalue weighted by Gasteiger charge is -2.24. The molecule has 108 valence electrons. The van der Waals surface area contributed by atoms with Crippen LogP contribution in [-0.2, 0) is 23.1 Å². The fourth-order valence-electron chi connectivity index (χ4n) is 2.25. The zero-order chi connectivity index (χ0) is 14.7. The molecule has 0 aliphatic rings. The fourth-order valence-corrected chi connectivity index (χ4v) is 2.25. The Balaban J connectivity index is 2.27. The summed E-state index contributed by atoms with van der Waals surface area (Å²) in [6.07, 6.45) is 0. The van der Waals surface area contributed by atoms with Crippen LogP contribution >= 0.6 is 0 Å². The number of rotatable bonds is 5. The van der Waals surface area contributed by atoms with Crippen molar-refractivity contribution in [2.24, 2.45) is 7.05 Å². The average Bonchev–Trinajstić information content (AvgIpc) is 2.75. The van der Waals surface area contributed by atoms with E-state index in [2.05, 4.69) is 29.9 Å². The molecule has 2 aromatic rings. The van der Waals surface area contributed by atoms with Gasteiger partial charge in [0, 0.05) is 25.0 Å². The van der Waals surface area contributed by atoms with Gasteiger partial charge in [-0.15, -0.1) is 0 Å². The number of methoxy groups -OCH3 is 1. The van der Waals surface area contributed by atoms with E-state index in [0.717, 1.165) is 16.6 Å². The topological polar surface area (TPSA) is 47.4 Å². The van der Waals surface area contributed by atoms with Crippen LogP contribution in [0.4, 0.5) is 0 Å². The highest BCUT2D eigenvalue weighted by molar-refractivity contribution is 5.81. The van der Waals surface area contributed by atoms with Gasteiger partial charge in [-0.05, 0) is 19.9 Å². The van der Waals surface area contributed by atoms with Crippen LogP contribution in [0.1, 0.15) is 19.5 Å². The van der Waals surface area contributed by atoms with Gasteiger partial charge in [-0.3, -0.25) is 14.4 Å². The minimum Gasteiger partial charge on any atom is -0.468 e. The molecule has 0 fully saturated rings. The standard InChI is InChI=1S/C15H21N3O2/c1-11(2)18(10-15(19)20-4)9-13-12-7-5-6-8-14(12)17(3)16-13/h5-8,11H,9-10H2,1-4H3. The number of carbonyl (C=O) groups excluding carboxylic acids is 1. The molecule has 0 bridgehead atoms. The number of hydrogen-bond acceptors (Lipinski definition) is 4. The van der Waals surface area contributed by atoms with Crippen LogP contribution < -0.4 is 0 Å². The largest absolute Gasteiger partial charge is 0.468 e. The Bertz CT molecular complexity index is 604. The molecule has 0 aliphatic carbocycles. The van der Waals surface area contributed by atoms with Crippen molar-refractivity contribution in [2.75, 3.05) is 13.7 Å². The van der Waals surface area contributed by atoms with Crippen molar-refractivity contribution in [3.8, 4) is 0 Å². The molecule has 0 saturated carbocycles. The summed E-state index contributed by atoms with van der Waals surface area (Å²) >= 11 is 0. The van der Waals surface area contributed by atoms with E-state index in [1.807, 2.05) is 29.9 Å². The summed E-state index contributed by atoms with van der Waals surface area (Å²) in [7, 11) is 3.35. The number of esters is 1. The number of aryl methyl sites for hydroxylation is 1. The molecule has 5 nitrogen and oxygen atoms in total. The molecular weight excluding hydrogens is 254 g/mol. The number of benzene rings is 1.